The van der Waals surface area contributed by atoms with Crippen molar-refractivity contribution in [3.8, 4) is 11.4 Å². The molecule has 2 N–H and O–H groups in total. The quantitative estimate of drug-likeness (QED) is 0.627. The van der Waals surface area contributed by atoms with Gasteiger partial charge >= 0.3 is 0 Å². The van der Waals surface area contributed by atoms with Gasteiger partial charge in [-0.1, -0.05) is 25.0 Å². The van der Waals surface area contributed by atoms with Crippen molar-refractivity contribution in [2.75, 3.05) is 30.8 Å². The second-order valence-electron chi connectivity index (χ2n) is 9.09. The molecule has 2 fully saturated rings. The fourth-order valence-corrected chi connectivity index (χ4v) is 4.69. The van der Waals surface area contributed by atoms with E-state index in [9.17, 15) is 4.79 Å². The number of pyridine rings is 1. The van der Waals surface area contributed by atoms with Gasteiger partial charge in [-0.05, 0) is 64.0 Å². The first-order valence-corrected chi connectivity index (χ1v) is 11.6. The predicted molar refractivity (Wildman–Crippen MR) is 127 cm³/mol. The summed E-state index contributed by atoms with van der Waals surface area (Å²) in [7, 11) is 2.16. The highest BCUT2D eigenvalue weighted by Crippen LogP contribution is 2.27. The molecular formula is C25H30N6O. The highest BCUT2D eigenvalue weighted by molar-refractivity contribution is 5.95. The number of hydrogen-bond donors (Lipinski definition) is 2. The molecule has 3 heterocycles. The Kier molecular flexibility index (Phi) is 5.99. The third kappa shape index (κ3) is 4.72. The maximum absolute atomic E-state index is 12.5. The first-order valence-electron chi connectivity index (χ1n) is 11.6. The fraction of sp³-hybridized carbons (Fsp3) is 0.440. The van der Waals surface area contributed by atoms with Crippen LogP contribution in [0.4, 0.5) is 11.5 Å². The highest BCUT2D eigenvalue weighted by atomic mass is 16.1. The number of anilines is 2. The number of hydrogen-bond acceptors (Lipinski definition) is 6. The van der Waals surface area contributed by atoms with E-state index in [2.05, 4.69) is 27.6 Å². The van der Waals surface area contributed by atoms with Crippen LogP contribution in [0.5, 0.6) is 0 Å². The van der Waals surface area contributed by atoms with Crippen LogP contribution >= 0.6 is 0 Å². The van der Waals surface area contributed by atoms with Gasteiger partial charge in [0.15, 0.2) is 0 Å². The Morgan fingerprint density at radius 3 is 2.56 bits per heavy atom. The van der Waals surface area contributed by atoms with Crippen molar-refractivity contribution in [2.24, 2.45) is 5.92 Å². The number of aromatic nitrogens is 3. The minimum absolute atomic E-state index is 0.122. The molecule has 7 nitrogen and oxygen atoms in total. The molecular weight excluding hydrogens is 400 g/mol. The lowest BCUT2D eigenvalue weighted by molar-refractivity contribution is -0.119. The lowest BCUT2D eigenvalue weighted by atomic mass is 10.1. The zero-order valence-electron chi connectivity index (χ0n) is 18.6. The van der Waals surface area contributed by atoms with Gasteiger partial charge in [-0.3, -0.25) is 9.78 Å². The minimum Gasteiger partial charge on any atom is -0.366 e. The lowest BCUT2D eigenvalue weighted by Crippen LogP contribution is -2.36. The van der Waals surface area contributed by atoms with Gasteiger partial charge in [-0.25, -0.2) is 9.97 Å². The molecule has 2 aromatic heterocycles. The van der Waals surface area contributed by atoms with Crippen LogP contribution in [0.3, 0.4) is 0 Å². The highest BCUT2D eigenvalue weighted by Gasteiger charge is 2.22. The van der Waals surface area contributed by atoms with Crippen molar-refractivity contribution in [2.45, 2.75) is 44.6 Å². The van der Waals surface area contributed by atoms with E-state index in [1.807, 2.05) is 30.3 Å². The zero-order chi connectivity index (χ0) is 21.9. The monoisotopic (exact) mass is 430 g/mol. The van der Waals surface area contributed by atoms with Gasteiger partial charge in [-0.2, -0.15) is 0 Å². The van der Waals surface area contributed by atoms with Crippen LogP contribution in [0.2, 0.25) is 0 Å². The van der Waals surface area contributed by atoms with Crippen LogP contribution in [-0.4, -0.2) is 51.9 Å². The van der Waals surface area contributed by atoms with Crippen molar-refractivity contribution < 1.29 is 4.79 Å². The molecule has 1 saturated carbocycles. The molecule has 1 aliphatic heterocycles. The van der Waals surface area contributed by atoms with E-state index < -0.39 is 0 Å². The van der Waals surface area contributed by atoms with Gasteiger partial charge in [0, 0.05) is 23.0 Å². The number of benzene rings is 1. The normalized spacial score (nSPS) is 18.2. The summed E-state index contributed by atoms with van der Waals surface area (Å²) in [6, 6.07) is 10.3. The average Bonchev–Trinajstić information content (AvgIpc) is 3.36. The SMILES string of the molecule is CN1CCC(Nc2cncc(-c3ccc4ccc(NC(=O)C5CCCC5)cc4n3)n2)CC1. The molecule has 0 spiro atoms. The number of nitrogens with one attached hydrogen (secondary N) is 2. The van der Waals surface area contributed by atoms with Crippen LogP contribution in [0.15, 0.2) is 42.7 Å². The Hall–Kier alpha value is -3.06. The summed E-state index contributed by atoms with van der Waals surface area (Å²) in [4.78, 5) is 28.8. The van der Waals surface area contributed by atoms with E-state index >= 15 is 0 Å². The van der Waals surface area contributed by atoms with Crippen LogP contribution in [0, 0.1) is 5.92 Å². The lowest BCUT2D eigenvalue weighted by Gasteiger charge is -2.29. The van der Waals surface area contributed by atoms with E-state index in [4.69, 9.17) is 9.97 Å². The Bertz CT molecular complexity index is 1100. The Labute approximate surface area is 188 Å². The molecule has 1 amide bonds. The van der Waals surface area contributed by atoms with E-state index in [0.29, 0.717) is 6.04 Å². The number of carbonyl (C=O) groups excluding carboxylic acids is 1. The topological polar surface area (TPSA) is 83.0 Å². The van der Waals surface area contributed by atoms with Crippen molar-refractivity contribution >= 4 is 28.3 Å². The molecule has 0 radical (unpaired) electrons. The molecule has 2 aliphatic rings. The van der Waals surface area contributed by atoms with Gasteiger partial charge in [0.25, 0.3) is 0 Å². The number of amides is 1. The molecule has 7 heteroatoms. The molecule has 1 aliphatic carbocycles. The maximum atomic E-state index is 12.5. The molecule has 0 atom stereocenters. The van der Waals surface area contributed by atoms with Gasteiger partial charge in [0.1, 0.15) is 11.5 Å². The molecule has 5 rings (SSSR count). The Balaban J connectivity index is 1.34. The molecule has 32 heavy (non-hydrogen) atoms. The van der Waals surface area contributed by atoms with Crippen LogP contribution in [0.25, 0.3) is 22.3 Å². The molecule has 0 bridgehead atoms. The van der Waals surface area contributed by atoms with Gasteiger partial charge in [0.2, 0.25) is 5.91 Å². The second-order valence-corrected chi connectivity index (χ2v) is 9.09. The largest absolute Gasteiger partial charge is 0.366 e. The van der Waals surface area contributed by atoms with Crippen LogP contribution < -0.4 is 10.6 Å². The molecule has 1 aromatic carbocycles. The van der Waals surface area contributed by atoms with E-state index in [0.717, 1.165) is 85.4 Å². The summed E-state index contributed by atoms with van der Waals surface area (Å²) in [6.07, 6.45) is 10.0. The van der Waals surface area contributed by atoms with Crippen molar-refractivity contribution in [1.82, 2.24) is 19.9 Å². The number of piperidine rings is 1. The summed E-state index contributed by atoms with van der Waals surface area (Å²) in [5, 5.41) is 7.63. The molecule has 166 valence electrons. The fourth-order valence-electron chi connectivity index (χ4n) is 4.69. The third-order valence-corrected chi connectivity index (χ3v) is 6.65. The zero-order valence-corrected chi connectivity index (χ0v) is 18.6. The van der Waals surface area contributed by atoms with Gasteiger partial charge in [0.05, 0.1) is 23.6 Å². The maximum Gasteiger partial charge on any atom is 0.227 e. The van der Waals surface area contributed by atoms with Crippen molar-refractivity contribution in [3.05, 3.63) is 42.7 Å². The van der Waals surface area contributed by atoms with E-state index in [1.54, 1.807) is 12.4 Å². The Morgan fingerprint density at radius 1 is 0.969 bits per heavy atom. The summed E-state index contributed by atoms with van der Waals surface area (Å²) in [5.41, 5.74) is 3.14. The first-order chi connectivity index (χ1) is 15.6. The van der Waals surface area contributed by atoms with Gasteiger partial charge in [-0.15, -0.1) is 0 Å². The number of likely N-dealkylation sites (tertiary alicyclic amines) is 1. The number of nitrogens with zero attached hydrogens (tertiary/aromatic N) is 4. The number of carbonyl (C=O) groups is 1. The minimum atomic E-state index is 0.122. The molecule has 0 unspecified atom stereocenters. The third-order valence-electron chi connectivity index (χ3n) is 6.65. The summed E-state index contributed by atoms with van der Waals surface area (Å²) >= 11 is 0. The summed E-state index contributed by atoms with van der Waals surface area (Å²) in [5.74, 6) is 1.05. The summed E-state index contributed by atoms with van der Waals surface area (Å²) < 4.78 is 0. The van der Waals surface area contributed by atoms with E-state index in [1.165, 1.54) is 0 Å². The average molecular weight is 431 g/mol. The second kappa shape index (κ2) is 9.20. The van der Waals surface area contributed by atoms with Gasteiger partial charge < -0.3 is 15.5 Å². The Morgan fingerprint density at radius 2 is 1.75 bits per heavy atom. The van der Waals surface area contributed by atoms with E-state index in [-0.39, 0.29) is 11.8 Å². The van der Waals surface area contributed by atoms with Crippen molar-refractivity contribution in [1.29, 1.82) is 0 Å². The van der Waals surface area contributed by atoms with Crippen LogP contribution in [-0.2, 0) is 4.79 Å². The first kappa shape index (κ1) is 20.8. The standard InChI is InChI=1S/C25H30N6O/c1-31-12-10-19(11-13-31)27-24-16-26-15-23(30-24)21-9-7-17-6-8-20(14-22(17)29-21)28-25(32)18-4-2-3-5-18/h6-9,14-16,18-19H,2-5,10-13H2,1H3,(H,27,30)(H,28,32). The molecule has 1 saturated heterocycles. The van der Waals surface area contributed by atoms with Crippen LogP contribution in [0.1, 0.15) is 38.5 Å². The number of fused-ring (bicyclic) bond motifs is 1. The smallest absolute Gasteiger partial charge is 0.227 e. The van der Waals surface area contributed by atoms with Crippen molar-refractivity contribution in [3.63, 3.8) is 0 Å². The summed E-state index contributed by atoms with van der Waals surface area (Å²) in [6.45, 7) is 2.19. The molecule has 3 aromatic rings. The number of rotatable bonds is 5. The predicted octanol–water partition coefficient (Wildman–Crippen LogP) is 4.33.